The molecule has 4 amide bonds. The predicted octanol–water partition coefficient (Wildman–Crippen LogP) is 1.78. The van der Waals surface area contributed by atoms with Crippen LogP contribution < -0.4 is 10.6 Å². The van der Waals surface area contributed by atoms with Crippen molar-refractivity contribution in [3.8, 4) is 0 Å². The van der Waals surface area contributed by atoms with E-state index in [1.54, 1.807) is 24.3 Å². The molecule has 140 valence electrons. The number of amides is 4. The maximum Gasteiger partial charge on any atom is 0.233 e. The van der Waals surface area contributed by atoms with Crippen molar-refractivity contribution in [2.75, 3.05) is 17.2 Å². The molecule has 2 fully saturated rings. The van der Waals surface area contributed by atoms with Gasteiger partial charge in [0.1, 0.15) is 0 Å². The third kappa shape index (κ3) is 3.13. The molecule has 0 radical (unpaired) electrons. The van der Waals surface area contributed by atoms with E-state index in [1.165, 1.54) is 11.8 Å². The largest absolute Gasteiger partial charge is 0.326 e. The van der Waals surface area contributed by atoms with Crippen LogP contribution >= 0.6 is 0 Å². The summed E-state index contributed by atoms with van der Waals surface area (Å²) in [5, 5.41) is 5.39. The van der Waals surface area contributed by atoms with E-state index in [9.17, 15) is 19.2 Å². The first-order chi connectivity index (χ1) is 12.9. The Labute approximate surface area is 156 Å². The first kappa shape index (κ1) is 17.5. The molecule has 2 N–H and O–H groups in total. The van der Waals surface area contributed by atoms with Crippen molar-refractivity contribution < 1.29 is 19.2 Å². The van der Waals surface area contributed by atoms with Crippen LogP contribution in [0.4, 0.5) is 11.4 Å². The van der Waals surface area contributed by atoms with Crippen molar-refractivity contribution in [3.63, 3.8) is 0 Å². The van der Waals surface area contributed by atoms with Crippen LogP contribution in [0.2, 0.25) is 0 Å². The molecule has 2 bridgehead atoms. The van der Waals surface area contributed by atoms with Gasteiger partial charge in [0, 0.05) is 31.3 Å². The molecule has 4 rings (SSSR count). The van der Waals surface area contributed by atoms with Gasteiger partial charge >= 0.3 is 0 Å². The summed E-state index contributed by atoms with van der Waals surface area (Å²) < 4.78 is 0. The van der Waals surface area contributed by atoms with Gasteiger partial charge in [-0.1, -0.05) is 12.2 Å². The monoisotopic (exact) mass is 367 g/mol. The molecule has 1 heterocycles. The molecule has 1 aromatic carbocycles. The number of hydrogen-bond donors (Lipinski definition) is 2. The third-order valence-electron chi connectivity index (χ3n) is 5.61. The number of benzene rings is 1. The summed E-state index contributed by atoms with van der Waals surface area (Å²) >= 11 is 0. The van der Waals surface area contributed by atoms with Gasteiger partial charge in [-0.15, -0.1) is 0 Å². The van der Waals surface area contributed by atoms with E-state index < -0.39 is 0 Å². The number of anilines is 2. The van der Waals surface area contributed by atoms with Gasteiger partial charge in [-0.25, -0.2) is 0 Å². The molecule has 0 unspecified atom stereocenters. The van der Waals surface area contributed by atoms with Crippen molar-refractivity contribution >= 4 is 35.0 Å². The van der Waals surface area contributed by atoms with Gasteiger partial charge in [-0.05, 0) is 42.5 Å². The lowest BCUT2D eigenvalue weighted by Crippen LogP contribution is -2.35. The Morgan fingerprint density at radius 2 is 1.48 bits per heavy atom. The van der Waals surface area contributed by atoms with Gasteiger partial charge in [0.15, 0.2) is 0 Å². The average Bonchev–Trinajstić information content (AvgIpc) is 3.29. The Bertz CT molecular complexity index is 815. The first-order valence-electron chi connectivity index (χ1n) is 9.15. The fraction of sp³-hybridized carbons (Fsp3) is 0.400. The number of carbonyl (C=O) groups excluding carboxylic acids is 4. The normalized spacial score (nSPS) is 27.8. The standard InChI is InChI=1S/C20H21N3O4/c1-11(24)21-14-4-6-15(7-5-14)22-16(25)8-9-23-19(26)17-12-2-3-13(10-12)18(17)20(23)27/h2-7,12-13,17-18H,8-10H2,1H3,(H,21,24)(H,22,25)/t12-,13-,17-,18+/m0/s1. The Balaban J connectivity index is 1.31. The molecule has 1 saturated carbocycles. The maximum absolute atomic E-state index is 12.6. The summed E-state index contributed by atoms with van der Waals surface area (Å²) in [6, 6.07) is 6.75. The van der Waals surface area contributed by atoms with E-state index in [4.69, 9.17) is 0 Å². The van der Waals surface area contributed by atoms with E-state index in [2.05, 4.69) is 22.8 Å². The van der Waals surface area contributed by atoms with Gasteiger partial charge in [0.2, 0.25) is 23.6 Å². The summed E-state index contributed by atoms with van der Waals surface area (Å²) in [5.74, 6) is -0.784. The van der Waals surface area contributed by atoms with Crippen LogP contribution in [0.5, 0.6) is 0 Å². The van der Waals surface area contributed by atoms with Gasteiger partial charge < -0.3 is 10.6 Å². The highest BCUT2D eigenvalue weighted by atomic mass is 16.2. The highest BCUT2D eigenvalue weighted by Gasteiger charge is 2.58. The molecule has 1 aromatic rings. The summed E-state index contributed by atoms with van der Waals surface area (Å²) in [4.78, 5) is 49.6. The predicted molar refractivity (Wildman–Crippen MR) is 98.4 cm³/mol. The molecular weight excluding hydrogens is 346 g/mol. The molecule has 1 saturated heterocycles. The van der Waals surface area contributed by atoms with Crippen molar-refractivity contribution in [3.05, 3.63) is 36.4 Å². The zero-order valence-electron chi connectivity index (χ0n) is 15.0. The second kappa shape index (κ2) is 6.64. The van der Waals surface area contributed by atoms with Crippen LogP contribution in [0.15, 0.2) is 36.4 Å². The van der Waals surface area contributed by atoms with Gasteiger partial charge in [-0.3, -0.25) is 24.1 Å². The van der Waals surface area contributed by atoms with Crippen LogP contribution in [0, 0.1) is 23.7 Å². The van der Waals surface area contributed by atoms with Crippen LogP contribution in [-0.2, 0) is 19.2 Å². The minimum absolute atomic E-state index is 0.0626. The summed E-state index contributed by atoms with van der Waals surface area (Å²) in [7, 11) is 0. The van der Waals surface area contributed by atoms with E-state index in [0.29, 0.717) is 11.4 Å². The Kier molecular flexibility index (Phi) is 4.30. The number of nitrogens with zero attached hydrogens (tertiary/aromatic N) is 1. The summed E-state index contributed by atoms with van der Waals surface area (Å²) in [5.41, 5.74) is 1.23. The van der Waals surface area contributed by atoms with Crippen molar-refractivity contribution in [2.24, 2.45) is 23.7 Å². The van der Waals surface area contributed by atoms with Crippen LogP contribution in [0.1, 0.15) is 19.8 Å². The van der Waals surface area contributed by atoms with E-state index in [1.807, 2.05) is 0 Å². The van der Waals surface area contributed by atoms with Crippen LogP contribution in [0.25, 0.3) is 0 Å². The van der Waals surface area contributed by atoms with Crippen molar-refractivity contribution in [1.29, 1.82) is 0 Å². The fourth-order valence-corrected chi connectivity index (χ4v) is 4.46. The van der Waals surface area contributed by atoms with E-state index >= 15 is 0 Å². The highest BCUT2D eigenvalue weighted by molar-refractivity contribution is 6.06. The molecule has 1 aliphatic heterocycles. The van der Waals surface area contributed by atoms with Gasteiger partial charge in [0.05, 0.1) is 11.8 Å². The summed E-state index contributed by atoms with van der Waals surface area (Å²) in [6.45, 7) is 1.53. The fourth-order valence-electron chi connectivity index (χ4n) is 4.46. The van der Waals surface area contributed by atoms with E-state index in [-0.39, 0.29) is 60.3 Å². The number of nitrogens with one attached hydrogen (secondary N) is 2. The maximum atomic E-state index is 12.6. The molecular formula is C20H21N3O4. The smallest absolute Gasteiger partial charge is 0.233 e. The Hall–Kier alpha value is -2.96. The van der Waals surface area contributed by atoms with Crippen LogP contribution in [-0.4, -0.2) is 35.1 Å². The number of allylic oxidation sites excluding steroid dienone is 2. The average molecular weight is 367 g/mol. The lowest BCUT2D eigenvalue weighted by Gasteiger charge is -2.17. The number of fused-ring (bicyclic) bond motifs is 5. The Morgan fingerprint density at radius 3 is 2.00 bits per heavy atom. The van der Waals surface area contributed by atoms with Crippen molar-refractivity contribution in [2.45, 2.75) is 19.8 Å². The number of imide groups is 1. The highest BCUT2D eigenvalue weighted by Crippen LogP contribution is 2.52. The zero-order chi connectivity index (χ0) is 19.1. The molecule has 3 aliphatic rings. The number of carbonyl (C=O) groups is 4. The molecule has 2 aliphatic carbocycles. The molecule has 27 heavy (non-hydrogen) atoms. The van der Waals surface area contributed by atoms with Gasteiger partial charge in [-0.2, -0.15) is 0 Å². The van der Waals surface area contributed by atoms with E-state index in [0.717, 1.165) is 6.42 Å². The number of hydrogen-bond acceptors (Lipinski definition) is 4. The molecule has 7 nitrogen and oxygen atoms in total. The topological polar surface area (TPSA) is 95.6 Å². The minimum atomic E-state index is -0.263. The quantitative estimate of drug-likeness (QED) is 0.613. The third-order valence-corrected chi connectivity index (χ3v) is 5.61. The minimum Gasteiger partial charge on any atom is -0.326 e. The number of rotatable bonds is 5. The molecule has 0 aromatic heterocycles. The summed E-state index contributed by atoms with van der Waals surface area (Å²) in [6.07, 6.45) is 5.07. The SMILES string of the molecule is CC(=O)Nc1ccc(NC(=O)CCN2C(=O)[C@@H]3[C@H](C2=O)[C@H]2C=C[C@H]3C2)cc1. The molecule has 0 spiro atoms. The first-order valence-corrected chi connectivity index (χ1v) is 9.15. The number of likely N-dealkylation sites (tertiary alicyclic amines) is 1. The van der Waals surface area contributed by atoms with Crippen molar-refractivity contribution in [1.82, 2.24) is 4.90 Å². The zero-order valence-corrected chi connectivity index (χ0v) is 15.0. The molecule has 7 heteroatoms. The molecule has 4 atom stereocenters. The van der Waals surface area contributed by atoms with Crippen LogP contribution in [0.3, 0.4) is 0 Å². The lowest BCUT2D eigenvalue weighted by molar-refractivity contribution is -0.140. The van der Waals surface area contributed by atoms with Gasteiger partial charge in [0.25, 0.3) is 0 Å². The second-order valence-electron chi connectivity index (χ2n) is 7.38. The second-order valence-corrected chi connectivity index (χ2v) is 7.38. The lowest BCUT2D eigenvalue weighted by atomic mass is 9.85. The Morgan fingerprint density at radius 1 is 0.963 bits per heavy atom.